The van der Waals surface area contributed by atoms with Crippen LogP contribution in [0, 0.1) is 5.82 Å². The highest BCUT2D eigenvalue weighted by Crippen LogP contribution is 2.12. The van der Waals surface area contributed by atoms with Gasteiger partial charge in [0.2, 0.25) is 0 Å². The van der Waals surface area contributed by atoms with Gasteiger partial charge < -0.3 is 14.2 Å². The Morgan fingerprint density at radius 1 is 1.43 bits per heavy atom. The van der Waals surface area contributed by atoms with Gasteiger partial charge in [0.15, 0.2) is 6.10 Å². The molecule has 0 amide bonds. The van der Waals surface area contributed by atoms with E-state index in [0.717, 1.165) is 19.5 Å². The van der Waals surface area contributed by atoms with E-state index in [4.69, 9.17) is 9.47 Å². The first-order chi connectivity index (χ1) is 10.2. The Labute approximate surface area is 123 Å². The number of hydrogen-bond acceptors (Lipinski definition) is 5. The zero-order valence-corrected chi connectivity index (χ0v) is 12.1. The minimum Gasteiger partial charge on any atom is -0.494 e. The summed E-state index contributed by atoms with van der Waals surface area (Å²) in [5.41, 5.74) is 0. The lowest BCUT2D eigenvalue weighted by Crippen LogP contribution is -2.46. The van der Waals surface area contributed by atoms with Crippen molar-refractivity contribution in [3.05, 3.63) is 30.1 Å². The maximum atomic E-state index is 12.7. The monoisotopic (exact) mass is 297 g/mol. The molecular formula is C15H20FNO4. The lowest BCUT2D eigenvalue weighted by Gasteiger charge is -2.31. The van der Waals surface area contributed by atoms with Crippen molar-refractivity contribution in [1.82, 2.24) is 4.90 Å². The van der Waals surface area contributed by atoms with Crippen molar-refractivity contribution in [1.29, 1.82) is 0 Å². The van der Waals surface area contributed by atoms with Crippen LogP contribution in [0.5, 0.6) is 5.75 Å². The zero-order chi connectivity index (χ0) is 15.1. The van der Waals surface area contributed by atoms with Crippen LogP contribution in [0.4, 0.5) is 4.39 Å². The molecular weight excluding hydrogens is 277 g/mol. The van der Waals surface area contributed by atoms with E-state index >= 15 is 0 Å². The number of ether oxygens (including phenoxy) is 3. The molecule has 0 bridgehead atoms. The van der Waals surface area contributed by atoms with Crippen molar-refractivity contribution in [2.75, 3.05) is 40.0 Å². The first-order valence-corrected chi connectivity index (χ1v) is 6.99. The summed E-state index contributed by atoms with van der Waals surface area (Å²) in [4.78, 5) is 13.6. The summed E-state index contributed by atoms with van der Waals surface area (Å²) in [6.45, 7) is 3.23. The molecule has 21 heavy (non-hydrogen) atoms. The molecule has 1 fully saturated rings. The summed E-state index contributed by atoms with van der Waals surface area (Å²) in [6, 6.07) is 5.96. The van der Waals surface area contributed by atoms with Crippen molar-refractivity contribution in [2.24, 2.45) is 0 Å². The number of nitrogens with zero attached hydrogens (tertiary/aromatic N) is 1. The van der Waals surface area contributed by atoms with E-state index < -0.39 is 6.10 Å². The van der Waals surface area contributed by atoms with Crippen LogP contribution in [0.2, 0.25) is 0 Å². The summed E-state index contributed by atoms with van der Waals surface area (Å²) in [6.07, 6.45) is 0.326. The fraction of sp³-hybridized carbons (Fsp3) is 0.533. The Bertz CT molecular complexity index is 451. The van der Waals surface area contributed by atoms with Crippen LogP contribution in [0.3, 0.4) is 0 Å². The van der Waals surface area contributed by atoms with E-state index in [1.165, 1.54) is 19.2 Å². The average molecular weight is 297 g/mol. The van der Waals surface area contributed by atoms with Gasteiger partial charge in [-0.25, -0.2) is 9.18 Å². The Balaban J connectivity index is 1.66. The van der Waals surface area contributed by atoms with Crippen LogP contribution in [0.1, 0.15) is 6.42 Å². The maximum Gasteiger partial charge on any atom is 0.336 e. The topological polar surface area (TPSA) is 48.0 Å². The molecule has 0 spiro atoms. The number of hydrogen-bond donors (Lipinski definition) is 0. The van der Waals surface area contributed by atoms with Gasteiger partial charge in [-0.3, -0.25) is 4.90 Å². The smallest absolute Gasteiger partial charge is 0.336 e. The number of esters is 1. The SMILES string of the molecule is COC(=O)C1CN(CCCOc2ccc(F)cc2)CCO1. The average Bonchev–Trinajstić information content (AvgIpc) is 2.53. The molecule has 0 N–H and O–H groups in total. The van der Waals surface area contributed by atoms with Gasteiger partial charge in [0, 0.05) is 19.6 Å². The van der Waals surface area contributed by atoms with E-state index in [9.17, 15) is 9.18 Å². The summed E-state index contributed by atoms with van der Waals surface area (Å²) >= 11 is 0. The number of carbonyl (C=O) groups is 1. The first kappa shape index (κ1) is 15.7. The molecule has 1 aliphatic rings. The third-order valence-corrected chi connectivity index (χ3v) is 3.32. The highest BCUT2D eigenvalue weighted by molar-refractivity contribution is 5.74. The standard InChI is InChI=1S/C15H20FNO4/c1-19-15(18)14-11-17(8-10-21-14)7-2-9-20-13-5-3-12(16)4-6-13/h3-6,14H,2,7-11H2,1H3. The van der Waals surface area contributed by atoms with Crippen molar-refractivity contribution in [2.45, 2.75) is 12.5 Å². The molecule has 1 unspecified atom stereocenters. The van der Waals surface area contributed by atoms with E-state index in [0.29, 0.717) is 25.5 Å². The molecule has 2 rings (SSSR count). The predicted octanol–water partition coefficient (Wildman–Crippen LogP) is 1.47. The zero-order valence-electron chi connectivity index (χ0n) is 12.1. The summed E-state index contributed by atoms with van der Waals surface area (Å²) in [5.74, 6) is 0.0533. The number of morpholine rings is 1. The van der Waals surface area contributed by atoms with E-state index in [2.05, 4.69) is 9.64 Å². The summed E-state index contributed by atoms with van der Waals surface area (Å²) in [7, 11) is 1.36. The molecule has 0 aromatic heterocycles. The van der Waals surface area contributed by atoms with E-state index in [1.54, 1.807) is 12.1 Å². The summed E-state index contributed by atoms with van der Waals surface area (Å²) < 4.78 is 28.3. The molecule has 1 aliphatic heterocycles. The van der Waals surface area contributed by atoms with Gasteiger partial charge in [-0.15, -0.1) is 0 Å². The van der Waals surface area contributed by atoms with Gasteiger partial charge in [0.05, 0.1) is 20.3 Å². The molecule has 5 nitrogen and oxygen atoms in total. The van der Waals surface area contributed by atoms with Crippen LogP contribution in [0.15, 0.2) is 24.3 Å². The van der Waals surface area contributed by atoms with Crippen LogP contribution in [-0.2, 0) is 14.3 Å². The van der Waals surface area contributed by atoms with Crippen molar-refractivity contribution >= 4 is 5.97 Å². The fourth-order valence-electron chi connectivity index (χ4n) is 2.19. The van der Waals surface area contributed by atoms with Crippen LogP contribution in [0.25, 0.3) is 0 Å². The lowest BCUT2D eigenvalue weighted by molar-refractivity contribution is -0.159. The molecule has 1 aromatic rings. The third kappa shape index (κ3) is 4.99. The van der Waals surface area contributed by atoms with Crippen LogP contribution >= 0.6 is 0 Å². The molecule has 1 saturated heterocycles. The minimum absolute atomic E-state index is 0.274. The fourth-order valence-corrected chi connectivity index (χ4v) is 2.19. The molecule has 6 heteroatoms. The predicted molar refractivity (Wildman–Crippen MR) is 74.7 cm³/mol. The second-order valence-corrected chi connectivity index (χ2v) is 4.84. The summed E-state index contributed by atoms with van der Waals surface area (Å²) in [5, 5.41) is 0. The number of benzene rings is 1. The Kier molecular flexibility index (Phi) is 5.95. The second kappa shape index (κ2) is 7.95. The van der Waals surface area contributed by atoms with Gasteiger partial charge in [-0.1, -0.05) is 0 Å². The van der Waals surface area contributed by atoms with Gasteiger partial charge in [-0.05, 0) is 30.7 Å². The van der Waals surface area contributed by atoms with Crippen LogP contribution in [-0.4, -0.2) is 56.9 Å². The molecule has 1 atom stereocenters. The van der Waals surface area contributed by atoms with Gasteiger partial charge >= 0.3 is 5.97 Å². The van der Waals surface area contributed by atoms with Gasteiger partial charge in [0.25, 0.3) is 0 Å². The first-order valence-electron chi connectivity index (χ1n) is 6.99. The largest absolute Gasteiger partial charge is 0.494 e. The van der Waals surface area contributed by atoms with Gasteiger partial charge in [-0.2, -0.15) is 0 Å². The Morgan fingerprint density at radius 2 is 2.19 bits per heavy atom. The number of methoxy groups -OCH3 is 1. The third-order valence-electron chi connectivity index (χ3n) is 3.32. The highest BCUT2D eigenvalue weighted by atomic mass is 19.1. The number of halogens is 1. The highest BCUT2D eigenvalue weighted by Gasteiger charge is 2.26. The minimum atomic E-state index is -0.498. The molecule has 1 aromatic carbocycles. The van der Waals surface area contributed by atoms with E-state index in [-0.39, 0.29) is 11.8 Å². The van der Waals surface area contributed by atoms with Crippen molar-refractivity contribution < 1.29 is 23.4 Å². The van der Waals surface area contributed by atoms with Crippen molar-refractivity contribution in [3.8, 4) is 5.75 Å². The van der Waals surface area contributed by atoms with Crippen molar-refractivity contribution in [3.63, 3.8) is 0 Å². The molecule has 1 heterocycles. The normalized spacial score (nSPS) is 19.2. The number of carbonyl (C=O) groups excluding carboxylic acids is 1. The number of rotatable bonds is 6. The van der Waals surface area contributed by atoms with E-state index in [1.807, 2.05) is 0 Å². The Hall–Kier alpha value is -1.66. The molecule has 116 valence electrons. The van der Waals surface area contributed by atoms with Crippen LogP contribution < -0.4 is 4.74 Å². The second-order valence-electron chi connectivity index (χ2n) is 4.84. The molecule has 0 saturated carbocycles. The Morgan fingerprint density at radius 3 is 2.90 bits per heavy atom. The molecule has 0 radical (unpaired) electrons. The lowest BCUT2D eigenvalue weighted by atomic mass is 10.2. The van der Waals surface area contributed by atoms with Gasteiger partial charge in [0.1, 0.15) is 11.6 Å². The maximum absolute atomic E-state index is 12.7. The quantitative estimate of drug-likeness (QED) is 0.588. The molecule has 0 aliphatic carbocycles.